The Morgan fingerprint density at radius 3 is 2.42 bits per heavy atom. The van der Waals surface area contributed by atoms with E-state index in [9.17, 15) is 4.79 Å². The molecule has 0 aliphatic rings. The van der Waals surface area contributed by atoms with Gasteiger partial charge in [-0.15, -0.1) is 0 Å². The van der Waals surface area contributed by atoms with Gasteiger partial charge in [-0.2, -0.15) is 0 Å². The van der Waals surface area contributed by atoms with E-state index in [-0.39, 0.29) is 12.5 Å². The van der Waals surface area contributed by atoms with Crippen LogP contribution in [0.1, 0.15) is 13.8 Å². The number of carbonyl (C=O) groups excluding carboxylic acids is 1. The number of carbonyl (C=O) groups is 1. The third-order valence-corrected chi connectivity index (χ3v) is 2.26. The van der Waals surface area contributed by atoms with E-state index in [1.165, 1.54) is 0 Å². The summed E-state index contributed by atoms with van der Waals surface area (Å²) in [5.74, 6) is 1.19. The Balaban J connectivity index is 2.24. The molecule has 5 heteroatoms. The number of rotatable bonds is 9. The maximum atomic E-state index is 11.1. The van der Waals surface area contributed by atoms with Crippen LogP contribution in [-0.2, 0) is 9.53 Å². The van der Waals surface area contributed by atoms with E-state index in [1.54, 1.807) is 6.92 Å². The van der Waals surface area contributed by atoms with Crippen LogP contribution in [-0.4, -0.2) is 38.9 Å². The minimum Gasteiger partial charge on any atom is -0.490 e. The second kappa shape index (κ2) is 9.22. The highest BCUT2D eigenvalue weighted by Crippen LogP contribution is 2.25. The Morgan fingerprint density at radius 1 is 1.11 bits per heavy atom. The van der Waals surface area contributed by atoms with E-state index in [1.807, 2.05) is 31.2 Å². The van der Waals surface area contributed by atoms with Crippen LogP contribution in [0, 0.1) is 0 Å². The number of hydrogen-bond acceptors (Lipinski definition) is 5. The number of nitrogens with one attached hydrogen (secondary N) is 1. The summed E-state index contributed by atoms with van der Waals surface area (Å²) in [6.07, 6.45) is 0. The van der Waals surface area contributed by atoms with Gasteiger partial charge in [0.1, 0.15) is 6.61 Å². The molecule has 0 aliphatic heterocycles. The first-order valence-electron chi connectivity index (χ1n) is 6.48. The standard InChI is InChI=1S/C14H21NO4/c1-3-17-12-7-5-6-8-13(12)19-10-9-15-11-14(16)18-4-2/h5-8,15H,3-4,9-11H2,1-2H3. The minimum absolute atomic E-state index is 0.199. The molecule has 0 saturated heterocycles. The topological polar surface area (TPSA) is 56.8 Å². The van der Waals surface area contributed by atoms with Gasteiger partial charge in [-0.1, -0.05) is 12.1 Å². The molecule has 0 unspecified atom stereocenters. The SMILES string of the molecule is CCOC(=O)CNCCOc1ccccc1OCC. The molecule has 106 valence electrons. The van der Waals surface area contributed by atoms with Gasteiger partial charge in [-0.25, -0.2) is 0 Å². The molecular weight excluding hydrogens is 246 g/mol. The average Bonchev–Trinajstić information content (AvgIpc) is 2.41. The van der Waals surface area contributed by atoms with E-state index in [4.69, 9.17) is 14.2 Å². The van der Waals surface area contributed by atoms with Crippen molar-refractivity contribution in [2.75, 3.05) is 32.9 Å². The highest BCUT2D eigenvalue weighted by molar-refractivity contribution is 5.71. The Labute approximate surface area is 113 Å². The van der Waals surface area contributed by atoms with Crippen LogP contribution < -0.4 is 14.8 Å². The quantitative estimate of drug-likeness (QED) is 0.544. The average molecular weight is 267 g/mol. The molecule has 0 amide bonds. The van der Waals surface area contributed by atoms with Gasteiger partial charge in [0, 0.05) is 6.54 Å². The molecule has 0 atom stereocenters. The molecule has 0 radical (unpaired) electrons. The second-order valence-electron chi connectivity index (χ2n) is 3.71. The van der Waals surface area contributed by atoms with Gasteiger partial charge in [-0.05, 0) is 26.0 Å². The monoisotopic (exact) mass is 267 g/mol. The van der Waals surface area contributed by atoms with Crippen LogP contribution in [0.5, 0.6) is 11.5 Å². The number of ether oxygens (including phenoxy) is 3. The normalized spacial score (nSPS) is 10.0. The van der Waals surface area contributed by atoms with Crippen LogP contribution in [0.25, 0.3) is 0 Å². The fourth-order valence-electron chi connectivity index (χ4n) is 1.48. The van der Waals surface area contributed by atoms with Crippen molar-refractivity contribution < 1.29 is 19.0 Å². The van der Waals surface area contributed by atoms with E-state index < -0.39 is 0 Å². The maximum absolute atomic E-state index is 11.1. The van der Waals surface area contributed by atoms with Crippen LogP contribution >= 0.6 is 0 Å². The molecule has 0 saturated carbocycles. The van der Waals surface area contributed by atoms with Gasteiger partial charge in [-0.3, -0.25) is 4.79 Å². The molecule has 0 bridgehead atoms. The fourth-order valence-corrected chi connectivity index (χ4v) is 1.48. The molecule has 0 heterocycles. The third kappa shape index (κ3) is 6.10. The molecule has 1 aromatic carbocycles. The lowest BCUT2D eigenvalue weighted by Gasteiger charge is -2.11. The summed E-state index contributed by atoms with van der Waals surface area (Å²) in [6.45, 7) is 5.94. The lowest BCUT2D eigenvalue weighted by Crippen LogP contribution is -2.28. The first-order chi connectivity index (χ1) is 9.27. The highest BCUT2D eigenvalue weighted by atomic mass is 16.5. The van der Waals surface area contributed by atoms with Crippen molar-refractivity contribution in [3.8, 4) is 11.5 Å². The third-order valence-electron chi connectivity index (χ3n) is 2.26. The zero-order valence-corrected chi connectivity index (χ0v) is 11.5. The number of benzene rings is 1. The van der Waals surface area contributed by atoms with Gasteiger partial charge >= 0.3 is 5.97 Å². The number of hydrogen-bond donors (Lipinski definition) is 1. The van der Waals surface area contributed by atoms with Crippen LogP contribution in [0.15, 0.2) is 24.3 Å². The van der Waals surface area contributed by atoms with Gasteiger partial charge in [0.2, 0.25) is 0 Å². The summed E-state index contributed by atoms with van der Waals surface area (Å²) in [5, 5.41) is 2.95. The predicted octanol–water partition coefficient (Wildman–Crippen LogP) is 1.62. The van der Waals surface area contributed by atoms with Crippen molar-refractivity contribution in [1.82, 2.24) is 5.32 Å². The molecule has 19 heavy (non-hydrogen) atoms. The fraction of sp³-hybridized carbons (Fsp3) is 0.500. The van der Waals surface area contributed by atoms with Crippen molar-refractivity contribution in [2.24, 2.45) is 0 Å². The lowest BCUT2D eigenvalue weighted by molar-refractivity contribution is -0.142. The zero-order chi connectivity index (χ0) is 13.9. The molecule has 1 N–H and O–H groups in total. The largest absolute Gasteiger partial charge is 0.490 e. The maximum Gasteiger partial charge on any atom is 0.319 e. The Morgan fingerprint density at radius 2 is 1.79 bits per heavy atom. The summed E-state index contributed by atoms with van der Waals surface area (Å²) in [4.78, 5) is 11.1. The van der Waals surface area contributed by atoms with Crippen molar-refractivity contribution in [3.63, 3.8) is 0 Å². The van der Waals surface area contributed by atoms with Gasteiger partial charge in [0.15, 0.2) is 11.5 Å². The van der Waals surface area contributed by atoms with Gasteiger partial charge in [0.05, 0.1) is 19.8 Å². The van der Waals surface area contributed by atoms with Crippen molar-refractivity contribution >= 4 is 5.97 Å². The van der Waals surface area contributed by atoms with Crippen LogP contribution in [0.4, 0.5) is 0 Å². The molecular formula is C14H21NO4. The molecule has 0 aliphatic carbocycles. The van der Waals surface area contributed by atoms with Crippen LogP contribution in [0.3, 0.4) is 0 Å². The first kappa shape index (κ1) is 15.3. The molecule has 0 fully saturated rings. The van der Waals surface area contributed by atoms with E-state index >= 15 is 0 Å². The van der Waals surface area contributed by atoms with Crippen molar-refractivity contribution in [1.29, 1.82) is 0 Å². The summed E-state index contributed by atoms with van der Waals surface area (Å²) in [6, 6.07) is 7.52. The smallest absolute Gasteiger partial charge is 0.319 e. The van der Waals surface area contributed by atoms with Gasteiger partial charge < -0.3 is 19.5 Å². The van der Waals surface area contributed by atoms with Crippen molar-refractivity contribution in [3.05, 3.63) is 24.3 Å². The number of para-hydroxylation sites is 2. The molecule has 1 rings (SSSR count). The minimum atomic E-state index is -0.253. The Kier molecular flexibility index (Phi) is 7.43. The highest BCUT2D eigenvalue weighted by Gasteiger charge is 2.03. The molecule has 5 nitrogen and oxygen atoms in total. The van der Waals surface area contributed by atoms with Gasteiger partial charge in [0.25, 0.3) is 0 Å². The first-order valence-corrected chi connectivity index (χ1v) is 6.48. The van der Waals surface area contributed by atoms with Crippen LogP contribution in [0.2, 0.25) is 0 Å². The predicted molar refractivity (Wildman–Crippen MR) is 72.6 cm³/mol. The zero-order valence-electron chi connectivity index (χ0n) is 11.5. The number of esters is 1. The van der Waals surface area contributed by atoms with Crippen molar-refractivity contribution in [2.45, 2.75) is 13.8 Å². The summed E-state index contributed by atoms with van der Waals surface area (Å²) in [5.41, 5.74) is 0. The molecule has 0 aromatic heterocycles. The van der Waals surface area contributed by atoms with E-state index in [0.29, 0.717) is 32.1 Å². The van der Waals surface area contributed by atoms with E-state index in [0.717, 1.165) is 5.75 Å². The molecule has 0 spiro atoms. The molecule has 1 aromatic rings. The summed E-state index contributed by atoms with van der Waals surface area (Å²) in [7, 11) is 0. The lowest BCUT2D eigenvalue weighted by atomic mass is 10.3. The Bertz CT molecular complexity index is 381. The van der Waals surface area contributed by atoms with E-state index in [2.05, 4.69) is 5.32 Å². The Hall–Kier alpha value is -1.75. The summed E-state index contributed by atoms with van der Waals surface area (Å²) >= 11 is 0. The summed E-state index contributed by atoms with van der Waals surface area (Å²) < 4.78 is 15.8. The second-order valence-corrected chi connectivity index (χ2v) is 3.71.